The number of nitrogens with zero attached hydrogens (tertiary/aromatic N) is 3. The van der Waals surface area contributed by atoms with Gasteiger partial charge in [-0.3, -0.25) is 20.1 Å². The second-order valence-electron chi connectivity index (χ2n) is 5.85. The van der Waals surface area contributed by atoms with Crippen LogP contribution in [0.2, 0.25) is 5.02 Å². The summed E-state index contributed by atoms with van der Waals surface area (Å²) in [5.74, 6) is -0.777. The molecule has 2 N–H and O–H groups in total. The number of hydrogen-bond acceptors (Lipinski definition) is 6. The highest BCUT2D eigenvalue weighted by molar-refractivity contribution is 6.30. The first kappa shape index (κ1) is 18.0. The van der Waals surface area contributed by atoms with Crippen molar-refractivity contribution in [1.29, 1.82) is 0 Å². The summed E-state index contributed by atoms with van der Waals surface area (Å²) in [5, 5.41) is 20.6. The lowest BCUT2D eigenvalue weighted by atomic mass is 10.1. The van der Waals surface area contributed by atoms with E-state index in [0.717, 1.165) is 5.69 Å². The van der Waals surface area contributed by atoms with E-state index in [4.69, 9.17) is 16.8 Å². The average Bonchev–Trinajstić information content (AvgIpc) is 2.67. The summed E-state index contributed by atoms with van der Waals surface area (Å²) in [6, 6.07) is 11.7. The first-order valence-corrected chi connectivity index (χ1v) is 8.35. The summed E-state index contributed by atoms with van der Waals surface area (Å²) < 4.78 is 0. The molecule has 1 heterocycles. The van der Waals surface area contributed by atoms with E-state index in [0.29, 0.717) is 36.9 Å². The number of hydroxylamine groups is 1. The van der Waals surface area contributed by atoms with Gasteiger partial charge in [0, 0.05) is 49.0 Å². The largest absolute Gasteiger partial charge is 0.368 e. The fourth-order valence-electron chi connectivity index (χ4n) is 3.03. The van der Waals surface area contributed by atoms with Gasteiger partial charge in [0.05, 0.1) is 16.2 Å². The average molecular weight is 377 g/mol. The minimum atomic E-state index is -0.777. The molecule has 2 aromatic carbocycles. The van der Waals surface area contributed by atoms with Gasteiger partial charge in [-0.15, -0.1) is 0 Å². The molecule has 0 unspecified atom stereocenters. The molecule has 26 heavy (non-hydrogen) atoms. The Morgan fingerprint density at radius 3 is 2.42 bits per heavy atom. The minimum Gasteiger partial charge on any atom is -0.368 e. The van der Waals surface area contributed by atoms with Gasteiger partial charge in [0.1, 0.15) is 0 Å². The lowest BCUT2D eigenvalue weighted by molar-refractivity contribution is -0.384. The zero-order chi connectivity index (χ0) is 18.7. The van der Waals surface area contributed by atoms with E-state index < -0.39 is 10.8 Å². The smallest absolute Gasteiger partial charge is 0.276 e. The molecule has 1 fully saturated rings. The van der Waals surface area contributed by atoms with Gasteiger partial charge in [0.25, 0.3) is 11.6 Å². The topological polar surface area (TPSA) is 98.9 Å². The van der Waals surface area contributed by atoms with Gasteiger partial charge in [-0.2, -0.15) is 0 Å². The van der Waals surface area contributed by atoms with Crippen molar-refractivity contribution in [3.8, 4) is 0 Å². The number of carbonyl (C=O) groups excluding carboxylic acids is 1. The lowest BCUT2D eigenvalue weighted by Gasteiger charge is -2.38. The molecule has 0 spiro atoms. The second kappa shape index (κ2) is 7.59. The number of benzene rings is 2. The van der Waals surface area contributed by atoms with Crippen molar-refractivity contribution < 1.29 is 14.9 Å². The zero-order valence-corrected chi connectivity index (χ0v) is 14.5. The third kappa shape index (κ3) is 3.71. The van der Waals surface area contributed by atoms with Crippen molar-refractivity contribution in [2.24, 2.45) is 0 Å². The van der Waals surface area contributed by atoms with Crippen LogP contribution in [0.3, 0.4) is 0 Å². The van der Waals surface area contributed by atoms with Gasteiger partial charge in [-0.25, -0.2) is 5.48 Å². The fourth-order valence-corrected chi connectivity index (χ4v) is 3.22. The van der Waals surface area contributed by atoms with E-state index in [1.165, 1.54) is 18.2 Å². The van der Waals surface area contributed by atoms with E-state index >= 15 is 0 Å². The van der Waals surface area contributed by atoms with E-state index in [1.807, 2.05) is 29.2 Å². The molecular weight excluding hydrogens is 360 g/mol. The van der Waals surface area contributed by atoms with Gasteiger partial charge in [-0.1, -0.05) is 17.7 Å². The molecule has 1 amide bonds. The Morgan fingerprint density at radius 2 is 1.81 bits per heavy atom. The van der Waals surface area contributed by atoms with E-state index in [1.54, 1.807) is 5.48 Å². The van der Waals surface area contributed by atoms with Crippen molar-refractivity contribution in [1.82, 2.24) is 5.48 Å². The molecular formula is C17H17ClN4O4. The Labute approximate surface area is 154 Å². The summed E-state index contributed by atoms with van der Waals surface area (Å²) in [5.41, 5.74) is 2.99. The molecule has 8 nitrogen and oxygen atoms in total. The van der Waals surface area contributed by atoms with E-state index in [-0.39, 0.29) is 11.3 Å². The summed E-state index contributed by atoms with van der Waals surface area (Å²) >= 11 is 6.04. The summed E-state index contributed by atoms with van der Waals surface area (Å²) in [6.45, 7) is 2.65. The number of non-ortho nitro benzene ring substituents is 1. The molecule has 0 radical (unpaired) electrons. The molecule has 0 bridgehead atoms. The minimum absolute atomic E-state index is 0.0675. The molecule has 136 valence electrons. The number of piperazine rings is 1. The van der Waals surface area contributed by atoms with Crippen molar-refractivity contribution in [3.05, 3.63) is 63.2 Å². The standard InChI is InChI=1S/C17H17ClN4O4/c18-12-2-1-3-13(10-12)20-6-8-21(9-7-20)16-5-4-14(22(25)26)11-15(16)17(23)19-24/h1-5,10-11,24H,6-9H2,(H,19,23). The van der Waals surface area contributed by atoms with Crippen LogP contribution in [0.25, 0.3) is 0 Å². The number of nitro groups is 1. The number of carbonyl (C=O) groups is 1. The number of amides is 1. The number of anilines is 2. The normalized spacial score (nSPS) is 14.2. The van der Waals surface area contributed by atoms with Crippen LogP contribution in [-0.4, -0.2) is 42.2 Å². The first-order valence-electron chi connectivity index (χ1n) is 7.98. The summed E-state index contributed by atoms with van der Waals surface area (Å²) in [4.78, 5) is 26.5. The van der Waals surface area contributed by atoms with Crippen LogP contribution in [-0.2, 0) is 0 Å². The van der Waals surface area contributed by atoms with Gasteiger partial charge >= 0.3 is 0 Å². The lowest BCUT2D eigenvalue weighted by Crippen LogP contribution is -2.47. The third-order valence-electron chi connectivity index (χ3n) is 4.33. The van der Waals surface area contributed by atoms with Crippen LogP contribution >= 0.6 is 11.6 Å². The van der Waals surface area contributed by atoms with Crippen LogP contribution in [0.4, 0.5) is 17.1 Å². The van der Waals surface area contributed by atoms with E-state index in [9.17, 15) is 14.9 Å². The Balaban J connectivity index is 1.80. The van der Waals surface area contributed by atoms with E-state index in [2.05, 4.69) is 4.90 Å². The Bertz CT molecular complexity index is 837. The number of rotatable bonds is 4. The monoisotopic (exact) mass is 376 g/mol. The molecule has 3 rings (SSSR count). The fraction of sp³-hybridized carbons (Fsp3) is 0.235. The SMILES string of the molecule is O=C(NO)c1cc([N+](=O)[O-])ccc1N1CCN(c2cccc(Cl)c2)CC1. The Kier molecular flexibility index (Phi) is 5.24. The summed E-state index contributed by atoms with van der Waals surface area (Å²) in [7, 11) is 0. The van der Waals surface area contributed by atoms with Gasteiger partial charge in [0.15, 0.2) is 0 Å². The molecule has 0 saturated carbocycles. The molecule has 1 aliphatic heterocycles. The second-order valence-corrected chi connectivity index (χ2v) is 6.29. The quantitative estimate of drug-likeness (QED) is 0.483. The Hall–Kier alpha value is -2.84. The number of nitro benzene ring substituents is 1. The molecule has 0 aromatic heterocycles. The molecule has 1 saturated heterocycles. The maximum absolute atomic E-state index is 11.9. The highest BCUT2D eigenvalue weighted by atomic mass is 35.5. The molecule has 2 aromatic rings. The Morgan fingerprint density at radius 1 is 1.12 bits per heavy atom. The van der Waals surface area contributed by atoms with Crippen LogP contribution in [0.5, 0.6) is 0 Å². The predicted octanol–water partition coefficient (Wildman–Crippen LogP) is 2.69. The highest BCUT2D eigenvalue weighted by Gasteiger charge is 2.24. The van der Waals surface area contributed by atoms with Crippen LogP contribution < -0.4 is 15.3 Å². The predicted molar refractivity (Wildman–Crippen MR) is 98.2 cm³/mol. The number of hydrogen-bond donors (Lipinski definition) is 2. The maximum Gasteiger partial charge on any atom is 0.276 e. The molecule has 9 heteroatoms. The van der Waals surface area contributed by atoms with Crippen molar-refractivity contribution in [2.75, 3.05) is 36.0 Å². The molecule has 0 aliphatic carbocycles. The zero-order valence-electron chi connectivity index (χ0n) is 13.8. The highest BCUT2D eigenvalue weighted by Crippen LogP contribution is 2.28. The summed E-state index contributed by atoms with van der Waals surface area (Å²) in [6.07, 6.45) is 0. The first-order chi connectivity index (χ1) is 12.5. The van der Waals surface area contributed by atoms with Gasteiger partial charge in [-0.05, 0) is 24.3 Å². The van der Waals surface area contributed by atoms with Crippen molar-refractivity contribution in [3.63, 3.8) is 0 Å². The van der Waals surface area contributed by atoms with Crippen molar-refractivity contribution in [2.45, 2.75) is 0 Å². The number of nitrogens with one attached hydrogen (secondary N) is 1. The van der Waals surface area contributed by atoms with Crippen LogP contribution in [0.1, 0.15) is 10.4 Å². The van der Waals surface area contributed by atoms with Crippen LogP contribution in [0, 0.1) is 10.1 Å². The number of halogens is 1. The third-order valence-corrected chi connectivity index (χ3v) is 4.57. The van der Waals surface area contributed by atoms with Gasteiger partial charge in [0.2, 0.25) is 0 Å². The maximum atomic E-state index is 11.9. The molecule has 0 atom stereocenters. The molecule has 1 aliphatic rings. The van der Waals surface area contributed by atoms with Crippen LogP contribution in [0.15, 0.2) is 42.5 Å². The van der Waals surface area contributed by atoms with Crippen molar-refractivity contribution >= 4 is 34.6 Å². The van der Waals surface area contributed by atoms with Gasteiger partial charge < -0.3 is 9.80 Å².